The van der Waals surface area contributed by atoms with Crippen LogP contribution in [0.25, 0.3) is 10.4 Å². The highest BCUT2D eigenvalue weighted by atomic mass is 15.1. The maximum absolute atomic E-state index is 7.80. The van der Waals surface area contributed by atoms with E-state index in [-0.39, 0.29) is 6.04 Å². The Bertz CT molecular complexity index is 92.2. The lowest BCUT2D eigenvalue weighted by Crippen LogP contribution is -2.15. The molecule has 4 heteroatoms. The second-order valence-electron chi connectivity index (χ2n) is 1.72. The van der Waals surface area contributed by atoms with Crippen molar-refractivity contribution < 1.29 is 0 Å². The minimum absolute atomic E-state index is 0.139. The van der Waals surface area contributed by atoms with E-state index in [0.717, 1.165) is 6.42 Å². The molecule has 0 aromatic rings. The molecule has 0 bridgehead atoms. The summed E-state index contributed by atoms with van der Waals surface area (Å²) in [6, 6.07) is 0.139. The van der Waals surface area contributed by atoms with Crippen LogP contribution in [0.2, 0.25) is 0 Å². The number of rotatable bonds is 3. The van der Waals surface area contributed by atoms with Crippen LogP contribution in [0.15, 0.2) is 5.11 Å². The van der Waals surface area contributed by atoms with Gasteiger partial charge in [0.1, 0.15) is 0 Å². The summed E-state index contributed by atoms with van der Waals surface area (Å²) in [6.45, 7) is 2.39. The molecule has 0 saturated heterocycles. The van der Waals surface area contributed by atoms with Gasteiger partial charge in [-0.1, -0.05) is 5.11 Å². The zero-order chi connectivity index (χ0) is 6.41. The Hall–Kier alpha value is -0.730. The maximum Gasteiger partial charge on any atom is 0.0272 e. The molecule has 0 rings (SSSR count). The molecule has 0 aliphatic carbocycles. The van der Waals surface area contributed by atoms with Crippen LogP contribution in [0.4, 0.5) is 0 Å². The van der Waals surface area contributed by atoms with Crippen molar-refractivity contribution in [2.75, 3.05) is 6.54 Å². The molecule has 0 aromatic carbocycles. The molecule has 0 aliphatic rings. The molecular weight excluding hydrogens is 104 g/mol. The van der Waals surface area contributed by atoms with Crippen LogP contribution in [-0.4, -0.2) is 12.6 Å². The summed E-state index contributed by atoms with van der Waals surface area (Å²) in [4.78, 5) is 2.58. The van der Waals surface area contributed by atoms with Gasteiger partial charge in [0.05, 0.1) is 0 Å². The molecule has 0 heterocycles. The topological polar surface area (TPSA) is 74.8 Å². The Morgan fingerprint density at radius 1 is 1.88 bits per heavy atom. The van der Waals surface area contributed by atoms with E-state index in [4.69, 9.17) is 11.3 Å². The number of hydrogen-bond acceptors (Lipinski definition) is 2. The van der Waals surface area contributed by atoms with Crippen LogP contribution in [0, 0.1) is 0 Å². The molecule has 0 saturated carbocycles. The molecule has 1 unspecified atom stereocenters. The summed E-state index contributed by atoms with van der Waals surface area (Å²) in [7, 11) is 0. The third-order valence-corrected chi connectivity index (χ3v) is 0.748. The van der Waals surface area contributed by atoms with Crippen molar-refractivity contribution in [3.05, 3.63) is 10.4 Å². The van der Waals surface area contributed by atoms with Gasteiger partial charge in [0.15, 0.2) is 0 Å². The van der Waals surface area contributed by atoms with Crippen molar-refractivity contribution in [1.29, 1.82) is 0 Å². The second kappa shape index (κ2) is 4.43. The van der Waals surface area contributed by atoms with Crippen LogP contribution in [0.5, 0.6) is 0 Å². The van der Waals surface area contributed by atoms with Crippen LogP contribution in [0.1, 0.15) is 13.3 Å². The van der Waals surface area contributed by atoms with E-state index in [2.05, 4.69) is 10.0 Å². The molecule has 8 heavy (non-hydrogen) atoms. The first-order chi connectivity index (χ1) is 3.77. The Labute approximate surface area is 48.3 Å². The van der Waals surface area contributed by atoms with E-state index in [1.54, 1.807) is 0 Å². The normalized spacial score (nSPS) is 12.2. The van der Waals surface area contributed by atoms with Crippen LogP contribution in [-0.2, 0) is 0 Å². The van der Waals surface area contributed by atoms with E-state index in [9.17, 15) is 0 Å². The van der Waals surface area contributed by atoms with Crippen LogP contribution < -0.4 is 5.73 Å². The third kappa shape index (κ3) is 5.27. The SMILES string of the molecule is CC(N)CCN=[N+]=[N-]. The fourth-order valence-electron chi connectivity index (χ4n) is 0.306. The highest BCUT2D eigenvalue weighted by Crippen LogP contribution is 1.85. The largest absolute Gasteiger partial charge is 0.328 e. The van der Waals surface area contributed by atoms with Crippen LogP contribution in [0.3, 0.4) is 0 Å². The zero-order valence-corrected chi connectivity index (χ0v) is 4.91. The molecule has 0 aliphatic heterocycles. The average Bonchev–Trinajstić information content (AvgIpc) is 1.66. The second-order valence-corrected chi connectivity index (χ2v) is 1.72. The molecule has 2 N–H and O–H groups in total. The van der Waals surface area contributed by atoms with E-state index in [1.807, 2.05) is 6.92 Å². The summed E-state index contributed by atoms with van der Waals surface area (Å²) in [5.74, 6) is 0. The fraction of sp³-hybridized carbons (Fsp3) is 1.00. The van der Waals surface area contributed by atoms with E-state index < -0.39 is 0 Å². The number of nitrogens with zero attached hydrogens (tertiary/aromatic N) is 3. The van der Waals surface area contributed by atoms with Crippen molar-refractivity contribution >= 4 is 0 Å². The molecule has 0 radical (unpaired) electrons. The number of nitrogens with two attached hydrogens (primary N) is 1. The number of hydrogen-bond donors (Lipinski definition) is 1. The predicted octanol–water partition coefficient (Wildman–Crippen LogP) is 1.03. The third-order valence-electron chi connectivity index (χ3n) is 0.748. The summed E-state index contributed by atoms with van der Waals surface area (Å²) in [6.07, 6.45) is 0.768. The highest BCUT2D eigenvalue weighted by molar-refractivity contribution is 4.55. The Kier molecular flexibility index (Phi) is 4.03. The van der Waals surface area contributed by atoms with E-state index in [1.165, 1.54) is 0 Å². The standard InChI is InChI=1S/C4H10N4/c1-4(5)2-3-7-8-6/h4H,2-3,5H2,1H3. The van der Waals surface area contributed by atoms with Crippen molar-refractivity contribution in [3.8, 4) is 0 Å². The van der Waals surface area contributed by atoms with Gasteiger partial charge in [-0.15, -0.1) is 0 Å². The lowest BCUT2D eigenvalue weighted by Gasteiger charge is -1.96. The van der Waals surface area contributed by atoms with E-state index in [0.29, 0.717) is 6.54 Å². The molecule has 4 nitrogen and oxygen atoms in total. The molecule has 0 aromatic heterocycles. The fourth-order valence-corrected chi connectivity index (χ4v) is 0.306. The van der Waals surface area contributed by atoms with Crippen LogP contribution >= 0.6 is 0 Å². The summed E-state index contributed by atoms with van der Waals surface area (Å²) in [5.41, 5.74) is 13.1. The predicted molar refractivity (Wildman–Crippen MR) is 32.3 cm³/mol. The van der Waals surface area contributed by atoms with Gasteiger partial charge < -0.3 is 5.73 Å². The first-order valence-corrected chi connectivity index (χ1v) is 2.54. The lowest BCUT2D eigenvalue weighted by atomic mass is 10.3. The van der Waals surface area contributed by atoms with Crippen molar-refractivity contribution in [2.24, 2.45) is 10.8 Å². The zero-order valence-electron chi connectivity index (χ0n) is 4.91. The van der Waals surface area contributed by atoms with E-state index >= 15 is 0 Å². The Morgan fingerprint density at radius 2 is 2.50 bits per heavy atom. The molecular formula is C4H10N4. The maximum atomic E-state index is 7.80. The molecule has 0 fully saturated rings. The van der Waals surface area contributed by atoms with Gasteiger partial charge in [0.25, 0.3) is 0 Å². The molecule has 0 spiro atoms. The van der Waals surface area contributed by atoms with Gasteiger partial charge in [-0.25, -0.2) is 0 Å². The quantitative estimate of drug-likeness (QED) is 0.332. The van der Waals surface area contributed by atoms with Crippen molar-refractivity contribution in [1.82, 2.24) is 0 Å². The summed E-state index contributed by atoms with van der Waals surface area (Å²) >= 11 is 0. The smallest absolute Gasteiger partial charge is 0.0272 e. The van der Waals surface area contributed by atoms with Gasteiger partial charge in [-0.2, -0.15) is 0 Å². The summed E-state index contributed by atoms with van der Waals surface area (Å²) in [5, 5.41) is 3.31. The molecule has 1 atom stereocenters. The minimum atomic E-state index is 0.139. The Balaban J connectivity index is 3.05. The minimum Gasteiger partial charge on any atom is -0.328 e. The van der Waals surface area contributed by atoms with Gasteiger partial charge in [-0.05, 0) is 18.9 Å². The van der Waals surface area contributed by atoms with Gasteiger partial charge in [0, 0.05) is 17.5 Å². The molecule has 0 amide bonds. The lowest BCUT2D eigenvalue weighted by molar-refractivity contribution is 0.674. The Morgan fingerprint density at radius 3 is 2.88 bits per heavy atom. The highest BCUT2D eigenvalue weighted by Gasteiger charge is 1.88. The van der Waals surface area contributed by atoms with Crippen molar-refractivity contribution in [2.45, 2.75) is 19.4 Å². The molecule has 46 valence electrons. The van der Waals surface area contributed by atoms with Gasteiger partial charge in [0.2, 0.25) is 0 Å². The monoisotopic (exact) mass is 114 g/mol. The first-order valence-electron chi connectivity index (χ1n) is 2.54. The number of azide groups is 1. The summed E-state index contributed by atoms with van der Waals surface area (Å²) < 4.78 is 0. The van der Waals surface area contributed by atoms with Gasteiger partial charge in [-0.3, -0.25) is 0 Å². The first kappa shape index (κ1) is 7.27. The van der Waals surface area contributed by atoms with Gasteiger partial charge >= 0.3 is 0 Å². The average molecular weight is 114 g/mol. The van der Waals surface area contributed by atoms with Crippen molar-refractivity contribution in [3.63, 3.8) is 0 Å².